The molecule has 2 rings (SSSR count). The Morgan fingerprint density at radius 2 is 1.67 bits per heavy atom. The number of benzene rings is 2. The van der Waals surface area contributed by atoms with Gasteiger partial charge in [0, 0.05) is 24.7 Å². The van der Waals surface area contributed by atoms with Gasteiger partial charge in [-0.2, -0.15) is 0 Å². The second-order valence-corrected chi connectivity index (χ2v) is 4.88. The Morgan fingerprint density at radius 3 is 2.25 bits per heavy atom. The summed E-state index contributed by atoms with van der Waals surface area (Å²) in [6, 6.07) is 5.29. The predicted octanol–water partition coefficient (Wildman–Crippen LogP) is 3.23. The Balaban J connectivity index is 2.16. The van der Waals surface area contributed by atoms with Crippen molar-refractivity contribution >= 4 is 23.2 Å². The maximum absolute atomic E-state index is 13.5. The highest BCUT2D eigenvalue weighted by molar-refractivity contribution is 6.01. The first kappa shape index (κ1) is 17.5. The molecule has 0 atom stereocenters. The van der Waals surface area contributed by atoms with Gasteiger partial charge in [-0.25, -0.2) is 17.6 Å². The molecule has 1 N–H and O–H groups in total. The van der Waals surface area contributed by atoms with Crippen LogP contribution in [0, 0.1) is 23.3 Å². The number of halogens is 4. The van der Waals surface area contributed by atoms with Crippen LogP contribution < -0.4 is 10.2 Å². The van der Waals surface area contributed by atoms with Crippen LogP contribution in [0.3, 0.4) is 0 Å². The molecule has 0 aliphatic rings. The lowest BCUT2D eigenvalue weighted by Crippen LogP contribution is -2.36. The van der Waals surface area contributed by atoms with Gasteiger partial charge in [-0.15, -0.1) is 0 Å². The normalized spacial score (nSPS) is 10.4. The Labute approximate surface area is 134 Å². The van der Waals surface area contributed by atoms with Crippen LogP contribution in [-0.4, -0.2) is 18.4 Å². The van der Waals surface area contributed by atoms with E-state index in [1.807, 2.05) is 0 Å². The highest BCUT2D eigenvalue weighted by Gasteiger charge is 2.18. The second kappa shape index (κ2) is 7.12. The fourth-order valence-electron chi connectivity index (χ4n) is 1.96. The van der Waals surface area contributed by atoms with Gasteiger partial charge in [0.15, 0.2) is 11.6 Å². The minimum atomic E-state index is -1.18. The number of amides is 2. The van der Waals surface area contributed by atoms with Crippen LogP contribution in [0.1, 0.15) is 6.92 Å². The largest absolute Gasteiger partial charge is 0.322 e. The smallest absolute Gasteiger partial charge is 0.244 e. The zero-order valence-electron chi connectivity index (χ0n) is 12.4. The van der Waals surface area contributed by atoms with Crippen molar-refractivity contribution < 1.29 is 27.2 Å². The van der Waals surface area contributed by atoms with Crippen LogP contribution in [-0.2, 0) is 9.59 Å². The van der Waals surface area contributed by atoms with Gasteiger partial charge in [-0.1, -0.05) is 0 Å². The maximum atomic E-state index is 13.5. The van der Waals surface area contributed by atoms with Crippen LogP contribution in [0.4, 0.5) is 28.9 Å². The number of nitrogens with one attached hydrogen (secondary N) is 1. The minimum Gasteiger partial charge on any atom is -0.322 e. The summed E-state index contributed by atoms with van der Waals surface area (Å²) in [5, 5.41) is 2.18. The topological polar surface area (TPSA) is 49.4 Å². The van der Waals surface area contributed by atoms with Crippen molar-refractivity contribution in [2.24, 2.45) is 0 Å². The number of carbonyl (C=O) groups is 2. The maximum Gasteiger partial charge on any atom is 0.244 e. The van der Waals surface area contributed by atoms with Crippen LogP contribution in [0.25, 0.3) is 0 Å². The molecule has 2 aromatic carbocycles. The summed E-state index contributed by atoms with van der Waals surface area (Å²) >= 11 is 0. The Kier molecular flexibility index (Phi) is 5.18. The number of carbonyl (C=O) groups excluding carboxylic acids is 2. The van der Waals surface area contributed by atoms with Crippen molar-refractivity contribution in [3.63, 3.8) is 0 Å². The van der Waals surface area contributed by atoms with Crippen LogP contribution >= 0.6 is 0 Å². The van der Waals surface area contributed by atoms with Gasteiger partial charge in [0.05, 0.1) is 5.69 Å². The Bertz CT molecular complexity index is 796. The summed E-state index contributed by atoms with van der Waals surface area (Å²) in [6.45, 7) is 0.574. The first-order chi connectivity index (χ1) is 11.3. The third kappa shape index (κ3) is 4.09. The molecule has 8 heteroatoms. The molecule has 0 bridgehead atoms. The third-order valence-electron chi connectivity index (χ3n) is 3.10. The quantitative estimate of drug-likeness (QED) is 0.869. The molecular formula is C16H12F4N2O2. The molecule has 0 unspecified atom stereocenters. The van der Waals surface area contributed by atoms with Gasteiger partial charge >= 0.3 is 0 Å². The molecule has 4 nitrogen and oxygen atoms in total. The summed E-state index contributed by atoms with van der Waals surface area (Å²) < 4.78 is 52.6. The molecule has 0 saturated heterocycles. The number of anilines is 2. The van der Waals surface area contributed by atoms with E-state index in [2.05, 4.69) is 5.32 Å². The molecule has 126 valence electrons. The third-order valence-corrected chi connectivity index (χ3v) is 3.10. The van der Waals surface area contributed by atoms with Crippen molar-refractivity contribution in [3.8, 4) is 0 Å². The molecule has 0 fully saturated rings. The first-order valence-corrected chi connectivity index (χ1v) is 6.76. The van der Waals surface area contributed by atoms with Gasteiger partial charge in [0.2, 0.25) is 11.8 Å². The molecular weight excluding hydrogens is 328 g/mol. The molecule has 0 aromatic heterocycles. The summed E-state index contributed by atoms with van der Waals surface area (Å²) in [5.41, 5.74) is -0.300. The fourth-order valence-corrected chi connectivity index (χ4v) is 1.96. The van der Waals surface area contributed by atoms with E-state index >= 15 is 0 Å². The Morgan fingerprint density at radius 1 is 0.958 bits per heavy atom. The van der Waals surface area contributed by atoms with Crippen LogP contribution in [0.2, 0.25) is 0 Å². The number of nitrogens with zero attached hydrogens (tertiary/aromatic N) is 1. The van der Waals surface area contributed by atoms with E-state index in [0.717, 1.165) is 42.2 Å². The minimum absolute atomic E-state index is 0.0314. The summed E-state index contributed by atoms with van der Waals surface area (Å²) in [4.78, 5) is 24.5. The van der Waals surface area contributed by atoms with Gasteiger partial charge in [-0.05, 0) is 24.3 Å². The summed E-state index contributed by atoms with van der Waals surface area (Å²) in [7, 11) is 0. The Hall–Kier alpha value is -2.90. The van der Waals surface area contributed by atoms with Crippen molar-refractivity contribution in [1.29, 1.82) is 0 Å². The van der Waals surface area contributed by atoms with E-state index in [1.165, 1.54) is 0 Å². The number of rotatable bonds is 4. The lowest BCUT2D eigenvalue weighted by Gasteiger charge is -2.21. The molecule has 0 radical (unpaired) electrons. The van der Waals surface area contributed by atoms with Crippen molar-refractivity contribution in [2.75, 3.05) is 16.8 Å². The van der Waals surface area contributed by atoms with E-state index < -0.39 is 41.6 Å². The van der Waals surface area contributed by atoms with Crippen LogP contribution in [0.5, 0.6) is 0 Å². The second-order valence-electron chi connectivity index (χ2n) is 4.88. The lowest BCUT2D eigenvalue weighted by atomic mass is 10.2. The molecule has 2 aromatic rings. The first-order valence-electron chi connectivity index (χ1n) is 6.76. The lowest BCUT2D eigenvalue weighted by molar-refractivity contribution is -0.120. The van der Waals surface area contributed by atoms with Crippen molar-refractivity contribution in [3.05, 3.63) is 59.7 Å². The van der Waals surface area contributed by atoms with Crippen LogP contribution in [0.15, 0.2) is 36.4 Å². The average molecular weight is 340 g/mol. The fraction of sp³-hybridized carbons (Fsp3) is 0.125. The predicted molar refractivity (Wildman–Crippen MR) is 79.4 cm³/mol. The highest BCUT2D eigenvalue weighted by atomic mass is 19.2. The zero-order chi connectivity index (χ0) is 17.9. The van der Waals surface area contributed by atoms with E-state index in [1.54, 1.807) is 0 Å². The molecule has 0 aliphatic heterocycles. The van der Waals surface area contributed by atoms with Gasteiger partial charge in [-0.3, -0.25) is 9.59 Å². The number of hydrogen-bond donors (Lipinski definition) is 1. The molecule has 0 aliphatic carbocycles. The van der Waals surface area contributed by atoms with E-state index in [-0.39, 0.29) is 11.4 Å². The SMILES string of the molecule is CC(=O)N(CC(=O)Nc1ccc(F)cc1F)c1ccc(F)c(F)c1. The van der Waals surface area contributed by atoms with Crippen molar-refractivity contribution in [2.45, 2.75) is 6.92 Å². The molecule has 2 amide bonds. The molecule has 0 spiro atoms. The molecule has 0 heterocycles. The van der Waals surface area contributed by atoms with E-state index in [0.29, 0.717) is 6.07 Å². The average Bonchev–Trinajstić information content (AvgIpc) is 2.50. The van der Waals surface area contributed by atoms with E-state index in [4.69, 9.17) is 0 Å². The molecule has 0 saturated carbocycles. The standard InChI is InChI=1S/C16H12F4N2O2/c1-9(23)22(11-3-4-12(18)13(19)7-11)8-16(24)21-15-5-2-10(17)6-14(15)20/h2-7H,8H2,1H3,(H,21,24). The van der Waals surface area contributed by atoms with Crippen molar-refractivity contribution in [1.82, 2.24) is 0 Å². The van der Waals surface area contributed by atoms with Gasteiger partial charge < -0.3 is 10.2 Å². The van der Waals surface area contributed by atoms with Gasteiger partial charge in [0.1, 0.15) is 18.2 Å². The van der Waals surface area contributed by atoms with E-state index in [9.17, 15) is 27.2 Å². The summed E-state index contributed by atoms with van der Waals surface area (Å²) in [5.74, 6) is -5.46. The highest BCUT2D eigenvalue weighted by Crippen LogP contribution is 2.19. The monoisotopic (exact) mass is 340 g/mol. The molecule has 24 heavy (non-hydrogen) atoms. The number of hydrogen-bond acceptors (Lipinski definition) is 2. The zero-order valence-corrected chi connectivity index (χ0v) is 12.4. The summed E-state index contributed by atoms with van der Waals surface area (Å²) in [6.07, 6.45) is 0. The van der Waals surface area contributed by atoms with Gasteiger partial charge in [0.25, 0.3) is 0 Å².